The molecule has 0 bridgehead atoms. The van der Waals surface area contributed by atoms with E-state index in [9.17, 15) is 4.79 Å². The van der Waals surface area contributed by atoms with Crippen molar-refractivity contribution in [1.82, 2.24) is 10.2 Å². The maximum atomic E-state index is 12.0. The monoisotopic (exact) mass is 281 g/mol. The van der Waals surface area contributed by atoms with Gasteiger partial charge in [-0.3, -0.25) is 9.69 Å². The van der Waals surface area contributed by atoms with Gasteiger partial charge in [-0.1, -0.05) is 13.8 Å². The van der Waals surface area contributed by atoms with Gasteiger partial charge < -0.3 is 11.1 Å². The van der Waals surface area contributed by atoms with Crippen molar-refractivity contribution in [2.24, 2.45) is 11.1 Å². The highest BCUT2D eigenvalue weighted by molar-refractivity contribution is 5.85. The quantitative estimate of drug-likeness (QED) is 0.827. The molecule has 2 unspecified atom stereocenters. The van der Waals surface area contributed by atoms with Crippen molar-refractivity contribution in [3.05, 3.63) is 0 Å². The van der Waals surface area contributed by atoms with E-state index in [4.69, 9.17) is 5.73 Å². The Labute approximate surface area is 123 Å². The number of piperidine rings is 1. The van der Waals surface area contributed by atoms with Gasteiger partial charge in [-0.2, -0.15) is 0 Å². The number of amides is 1. The minimum Gasteiger partial charge on any atom is -0.368 e. The molecular weight excluding hydrogens is 250 g/mol. The highest BCUT2D eigenvalue weighted by Crippen LogP contribution is 2.37. The van der Waals surface area contributed by atoms with Crippen molar-refractivity contribution >= 4 is 5.91 Å². The van der Waals surface area contributed by atoms with E-state index in [-0.39, 0.29) is 5.91 Å². The van der Waals surface area contributed by atoms with Crippen LogP contribution in [0.5, 0.6) is 0 Å². The molecule has 2 atom stereocenters. The van der Waals surface area contributed by atoms with E-state index in [1.807, 2.05) is 0 Å². The lowest BCUT2D eigenvalue weighted by molar-refractivity contribution is -0.124. The standard InChI is InChI=1S/C16H31N3O/c1-12(2)18-16(14(17)20)8-6-13(10-16)19-9-5-7-15(3,4)11-19/h12-13,18H,5-11H2,1-4H3,(H2,17,20). The fourth-order valence-corrected chi connectivity index (χ4v) is 4.09. The maximum absolute atomic E-state index is 12.0. The summed E-state index contributed by atoms with van der Waals surface area (Å²) in [5.41, 5.74) is 5.62. The molecule has 1 saturated carbocycles. The molecule has 0 radical (unpaired) electrons. The van der Waals surface area contributed by atoms with E-state index in [1.165, 1.54) is 19.4 Å². The van der Waals surface area contributed by atoms with Crippen LogP contribution in [0.1, 0.15) is 59.8 Å². The number of likely N-dealkylation sites (tertiary alicyclic amines) is 1. The SMILES string of the molecule is CC(C)NC1(C(N)=O)CCC(N2CCCC(C)(C)C2)C1. The topological polar surface area (TPSA) is 58.4 Å². The predicted octanol–water partition coefficient (Wildman–Crippen LogP) is 1.88. The summed E-state index contributed by atoms with van der Waals surface area (Å²) in [6.45, 7) is 11.2. The van der Waals surface area contributed by atoms with Crippen molar-refractivity contribution in [2.45, 2.75) is 77.4 Å². The summed E-state index contributed by atoms with van der Waals surface area (Å²) in [6, 6.07) is 0.798. The molecular formula is C16H31N3O. The van der Waals surface area contributed by atoms with E-state index in [1.54, 1.807) is 0 Å². The van der Waals surface area contributed by atoms with Crippen LogP contribution in [-0.2, 0) is 4.79 Å². The maximum Gasteiger partial charge on any atom is 0.237 e. The normalized spacial score (nSPS) is 34.5. The molecule has 3 N–H and O–H groups in total. The van der Waals surface area contributed by atoms with E-state index < -0.39 is 5.54 Å². The fourth-order valence-electron chi connectivity index (χ4n) is 4.09. The van der Waals surface area contributed by atoms with Crippen LogP contribution in [0.4, 0.5) is 0 Å². The number of hydrogen-bond acceptors (Lipinski definition) is 3. The van der Waals surface area contributed by atoms with Crippen LogP contribution in [0.15, 0.2) is 0 Å². The summed E-state index contributed by atoms with van der Waals surface area (Å²) >= 11 is 0. The summed E-state index contributed by atoms with van der Waals surface area (Å²) in [4.78, 5) is 14.5. The Morgan fingerprint density at radius 2 is 2.05 bits per heavy atom. The molecule has 1 heterocycles. The van der Waals surface area contributed by atoms with Crippen LogP contribution in [0, 0.1) is 5.41 Å². The van der Waals surface area contributed by atoms with Gasteiger partial charge in [0.05, 0.1) is 5.54 Å². The Balaban J connectivity index is 2.04. The highest BCUT2D eigenvalue weighted by atomic mass is 16.1. The number of nitrogens with two attached hydrogens (primary N) is 1. The van der Waals surface area contributed by atoms with Gasteiger partial charge in [-0.25, -0.2) is 0 Å². The van der Waals surface area contributed by atoms with Crippen molar-refractivity contribution < 1.29 is 4.79 Å². The second-order valence-electron chi connectivity index (χ2n) is 7.88. The zero-order chi connectivity index (χ0) is 15.0. The zero-order valence-electron chi connectivity index (χ0n) is 13.5. The summed E-state index contributed by atoms with van der Waals surface area (Å²) in [5, 5.41) is 3.44. The van der Waals surface area contributed by atoms with Crippen LogP contribution in [0.25, 0.3) is 0 Å². The Kier molecular flexibility index (Phi) is 4.45. The minimum atomic E-state index is -0.486. The summed E-state index contributed by atoms with van der Waals surface area (Å²) in [5.74, 6) is -0.176. The molecule has 2 aliphatic rings. The van der Waals surface area contributed by atoms with Crippen molar-refractivity contribution in [3.8, 4) is 0 Å². The first-order valence-electron chi connectivity index (χ1n) is 8.06. The molecule has 0 aromatic rings. The van der Waals surface area contributed by atoms with E-state index in [2.05, 4.69) is 37.9 Å². The molecule has 2 rings (SSSR count). The second-order valence-corrected chi connectivity index (χ2v) is 7.88. The third-order valence-corrected chi connectivity index (χ3v) is 4.97. The molecule has 1 amide bonds. The first-order chi connectivity index (χ1) is 9.24. The molecule has 1 aliphatic heterocycles. The van der Waals surface area contributed by atoms with Gasteiger partial charge in [-0.05, 0) is 57.9 Å². The third kappa shape index (κ3) is 3.34. The Morgan fingerprint density at radius 3 is 2.60 bits per heavy atom. The number of hydrogen-bond donors (Lipinski definition) is 2. The average Bonchev–Trinajstić information content (AvgIpc) is 2.72. The van der Waals surface area contributed by atoms with Gasteiger partial charge in [0.1, 0.15) is 0 Å². The molecule has 0 spiro atoms. The van der Waals surface area contributed by atoms with E-state index >= 15 is 0 Å². The molecule has 2 fully saturated rings. The van der Waals surface area contributed by atoms with E-state index in [0.29, 0.717) is 17.5 Å². The smallest absolute Gasteiger partial charge is 0.237 e. The average molecular weight is 281 g/mol. The summed E-state index contributed by atoms with van der Waals surface area (Å²) < 4.78 is 0. The number of carbonyl (C=O) groups is 1. The summed E-state index contributed by atoms with van der Waals surface area (Å²) in [7, 11) is 0. The molecule has 0 aromatic heterocycles. The second kappa shape index (κ2) is 5.64. The number of carbonyl (C=O) groups excluding carboxylic acids is 1. The van der Waals surface area contributed by atoms with Crippen LogP contribution in [0.2, 0.25) is 0 Å². The Morgan fingerprint density at radius 1 is 1.35 bits per heavy atom. The van der Waals surface area contributed by atoms with Crippen LogP contribution >= 0.6 is 0 Å². The predicted molar refractivity (Wildman–Crippen MR) is 82.4 cm³/mol. The van der Waals surface area contributed by atoms with Crippen LogP contribution in [0.3, 0.4) is 0 Å². The molecule has 116 valence electrons. The summed E-state index contributed by atoms with van der Waals surface area (Å²) in [6.07, 6.45) is 5.41. The van der Waals surface area contributed by atoms with Gasteiger partial charge in [0.2, 0.25) is 5.91 Å². The molecule has 4 heteroatoms. The number of nitrogens with zero attached hydrogens (tertiary/aromatic N) is 1. The van der Waals surface area contributed by atoms with Gasteiger partial charge in [0.15, 0.2) is 0 Å². The first kappa shape index (κ1) is 15.8. The van der Waals surface area contributed by atoms with Gasteiger partial charge in [0.25, 0.3) is 0 Å². The lowest BCUT2D eigenvalue weighted by Crippen LogP contribution is -2.57. The van der Waals surface area contributed by atoms with Gasteiger partial charge in [-0.15, -0.1) is 0 Å². The first-order valence-corrected chi connectivity index (χ1v) is 8.06. The lowest BCUT2D eigenvalue weighted by atomic mass is 9.83. The van der Waals surface area contributed by atoms with Crippen LogP contribution in [-0.4, -0.2) is 41.5 Å². The van der Waals surface area contributed by atoms with Gasteiger partial charge >= 0.3 is 0 Å². The molecule has 0 aromatic carbocycles. The Hall–Kier alpha value is -0.610. The Bertz CT molecular complexity index is 367. The lowest BCUT2D eigenvalue weighted by Gasteiger charge is -2.42. The molecule has 4 nitrogen and oxygen atoms in total. The molecule has 20 heavy (non-hydrogen) atoms. The number of primary amides is 1. The third-order valence-electron chi connectivity index (χ3n) is 4.97. The largest absolute Gasteiger partial charge is 0.368 e. The highest BCUT2D eigenvalue weighted by Gasteiger charge is 2.46. The van der Waals surface area contributed by atoms with Crippen molar-refractivity contribution in [3.63, 3.8) is 0 Å². The fraction of sp³-hybridized carbons (Fsp3) is 0.938. The molecule has 1 saturated heterocycles. The van der Waals surface area contributed by atoms with Crippen molar-refractivity contribution in [1.29, 1.82) is 0 Å². The molecule has 1 aliphatic carbocycles. The zero-order valence-corrected chi connectivity index (χ0v) is 13.5. The van der Waals surface area contributed by atoms with Crippen molar-refractivity contribution in [2.75, 3.05) is 13.1 Å². The van der Waals surface area contributed by atoms with Gasteiger partial charge in [0, 0.05) is 18.6 Å². The number of nitrogens with one attached hydrogen (secondary N) is 1. The van der Waals surface area contributed by atoms with E-state index in [0.717, 1.165) is 25.8 Å². The minimum absolute atomic E-state index is 0.176. The number of rotatable bonds is 4. The van der Waals surface area contributed by atoms with Crippen LogP contribution < -0.4 is 11.1 Å².